The van der Waals surface area contributed by atoms with Crippen LogP contribution in [0.1, 0.15) is 19.4 Å². The molecule has 96 valence electrons. The standard InChI is InChI=1S/C15H20N2O/c1-11(2)9-17-10-14(8-16-17)13-5-6-15(18-4)12(3)7-13/h5-8,10-11H,9H2,1-4H3. The summed E-state index contributed by atoms with van der Waals surface area (Å²) in [6.45, 7) is 7.40. The van der Waals surface area contributed by atoms with Crippen LogP contribution in [0.15, 0.2) is 30.6 Å². The Bertz CT molecular complexity index is 529. The molecule has 0 bridgehead atoms. The van der Waals surface area contributed by atoms with E-state index in [-0.39, 0.29) is 0 Å². The molecule has 0 radical (unpaired) electrons. The summed E-state index contributed by atoms with van der Waals surface area (Å²) in [4.78, 5) is 0. The highest BCUT2D eigenvalue weighted by molar-refractivity contribution is 5.64. The van der Waals surface area contributed by atoms with Gasteiger partial charge < -0.3 is 4.74 Å². The lowest BCUT2D eigenvalue weighted by Gasteiger charge is -2.06. The molecule has 0 unspecified atom stereocenters. The van der Waals surface area contributed by atoms with Gasteiger partial charge in [0, 0.05) is 18.3 Å². The SMILES string of the molecule is COc1ccc(-c2cnn(CC(C)C)c2)cc1C. The van der Waals surface area contributed by atoms with E-state index in [2.05, 4.69) is 44.2 Å². The van der Waals surface area contributed by atoms with Gasteiger partial charge in [0.2, 0.25) is 0 Å². The Morgan fingerprint density at radius 3 is 2.67 bits per heavy atom. The number of rotatable bonds is 4. The minimum Gasteiger partial charge on any atom is -0.496 e. The van der Waals surface area contributed by atoms with E-state index in [0.29, 0.717) is 5.92 Å². The maximum Gasteiger partial charge on any atom is 0.121 e. The Balaban J connectivity index is 2.26. The second-order valence-corrected chi connectivity index (χ2v) is 5.03. The van der Waals surface area contributed by atoms with Crippen LogP contribution in [0, 0.1) is 12.8 Å². The number of hydrogen-bond acceptors (Lipinski definition) is 2. The molecule has 0 aliphatic heterocycles. The lowest BCUT2D eigenvalue weighted by Crippen LogP contribution is -2.03. The van der Waals surface area contributed by atoms with Crippen LogP contribution in [0.3, 0.4) is 0 Å². The molecular formula is C15H20N2O. The van der Waals surface area contributed by atoms with Crippen molar-refractivity contribution >= 4 is 0 Å². The van der Waals surface area contributed by atoms with Crippen LogP contribution in [-0.4, -0.2) is 16.9 Å². The second kappa shape index (κ2) is 5.25. The monoisotopic (exact) mass is 244 g/mol. The predicted molar refractivity (Wildman–Crippen MR) is 73.8 cm³/mol. The molecule has 3 heteroatoms. The van der Waals surface area contributed by atoms with Crippen molar-refractivity contribution in [3.63, 3.8) is 0 Å². The van der Waals surface area contributed by atoms with Crippen molar-refractivity contribution in [2.75, 3.05) is 7.11 Å². The summed E-state index contributed by atoms with van der Waals surface area (Å²) in [6.07, 6.45) is 4.02. The fraction of sp³-hybridized carbons (Fsp3) is 0.400. The molecule has 0 amide bonds. The van der Waals surface area contributed by atoms with Gasteiger partial charge in [0.25, 0.3) is 0 Å². The number of aryl methyl sites for hydroxylation is 1. The van der Waals surface area contributed by atoms with Crippen molar-refractivity contribution < 1.29 is 4.74 Å². The highest BCUT2D eigenvalue weighted by Crippen LogP contribution is 2.25. The highest BCUT2D eigenvalue weighted by atomic mass is 16.5. The minimum atomic E-state index is 0.607. The molecule has 0 spiro atoms. The van der Waals surface area contributed by atoms with Gasteiger partial charge in [0.1, 0.15) is 5.75 Å². The first-order chi connectivity index (χ1) is 8.60. The van der Waals surface area contributed by atoms with E-state index in [1.807, 2.05) is 16.9 Å². The Kier molecular flexibility index (Phi) is 3.70. The van der Waals surface area contributed by atoms with E-state index in [1.54, 1.807) is 7.11 Å². The Hall–Kier alpha value is -1.77. The van der Waals surface area contributed by atoms with Gasteiger partial charge in [-0.25, -0.2) is 0 Å². The van der Waals surface area contributed by atoms with Crippen LogP contribution >= 0.6 is 0 Å². The van der Waals surface area contributed by atoms with Crippen LogP contribution in [-0.2, 0) is 6.54 Å². The summed E-state index contributed by atoms with van der Waals surface area (Å²) in [5.41, 5.74) is 3.48. The fourth-order valence-corrected chi connectivity index (χ4v) is 2.04. The average Bonchev–Trinajstić information content (AvgIpc) is 2.76. The van der Waals surface area contributed by atoms with Gasteiger partial charge in [-0.2, -0.15) is 5.10 Å². The molecule has 1 aromatic heterocycles. The molecule has 0 aliphatic carbocycles. The van der Waals surface area contributed by atoms with Crippen molar-refractivity contribution in [3.05, 3.63) is 36.2 Å². The smallest absolute Gasteiger partial charge is 0.121 e. The van der Waals surface area contributed by atoms with Crippen molar-refractivity contribution in [1.29, 1.82) is 0 Å². The summed E-state index contributed by atoms with van der Waals surface area (Å²) in [5, 5.41) is 4.39. The zero-order chi connectivity index (χ0) is 13.1. The Morgan fingerprint density at radius 2 is 2.06 bits per heavy atom. The summed E-state index contributed by atoms with van der Waals surface area (Å²) in [6, 6.07) is 6.21. The lowest BCUT2D eigenvalue weighted by atomic mass is 10.1. The largest absolute Gasteiger partial charge is 0.496 e. The average molecular weight is 244 g/mol. The molecular weight excluding hydrogens is 224 g/mol. The van der Waals surface area contributed by atoms with Gasteiger partial charge in [-0.15, -0.1) is 0 Å². The molecule has 3 nitrogen and oxygen atoms in total. The molecule has 1 aromatic carbocycles. The Morgan fingerprint density at radius 1 is 1.28 bits per heavy atom. The molecule has 0 aliphatic rings. The summed E-state index contributed by atoms with van der Waals surface area (Å²) in [5.74, 6) is 1.53. The number of nitrogens with zero attached hydrogens (tertiary/aromatic N) is 2. The highest BCUT2D eigenvalue weighted by Gasteiger charge is 2.05. The van der Waals surface area contributed by atoms with Crippen LogP contribution in [0.25, 0.3) is 11.1 Å². The van der Waals surface area contributed by atoms with Gasteiger partial charge in [0.15, 0.2) is 0 Å². The topological polar surface area (TPSA) is 27.1 Å². The normalized spacial score (nSPS) is 10.9. The molecule has 0 saturated carbocycles. The molecule has 2 rings (SSSR count). The molecule has 0 saturated heterocycles. The fourth-order valence-electron chi connectivity index (χ4n) is 2.04. The van der Waals surface area contributed by atoms with Crippen molar-refractivity contribution in [2.24, 2.45) is 5.92 Å². The maximum atomic E-state index is 5.27. The second-order valence-electron chi connectivity index (χ2n) is 5.03. The van der Waals surface area contributed by atoms with Crippen LogP contribution in [0.2, 0.25) is 0 Å². The lowest BCUT2D eigenvalue weighted by molar-refractivity contribution is 0.412. The number of aromatic nitrogens is 2. The third-order valence-electron chi connectivity index (χ3n) is 2.91. The van der Waals surface area contributed by atoms with Gasteiger partial charge in [0.05, 0.1) is 13.3 Å². The summed E-state index contributed by atoms with van der Waals surface area (Å²) in [7, 11) is 1.70. The quantitative estimate of drug-likeness (QED) is 0.822. The van der Waals surface area contributed by atoms with Gasteiger partial charge >= 0.3 is 0 Å². The van der Waals surface area contributed by atoms with E-state index in [4.69, 9.17) is 4.74 Å². The molecule has 0 N–H and O–H groups in total. The van der Waals surface area contributed by atoms with Crippen molar-refractivity contribution in [3.8, 4) is 16.9 Å². The van der Waals surface area contributed by atoms with Crippen LogP contribution in [0.4, 0.5) is 0 Å². The van der Waals surface area contributed by atoms with Crippen molar-refractivity contribution in [1.82, 2.24) is 9.78 Å². The zero-order valence-corrected chi connectivity index (χ0v) is 11.5. The molecule has 0 atom stereocenters. The van der Waals surface area contributed by atoms with Gasteiger partial charge in [-0.05, 0) is 36.1 Å². The summed E-state index contributed by atoms with van der Waals surface area (Å²) < 4.78 is 7.27. The third kappa shape index (κ3) is 2.73. The van der Waals surface area contributed by atoms with Crippen LogP contribution in [0.5, 0.6) is 5.75 Å². The number of hydrogen-bond donors (Lipinski definition) is 0. The number of benzene rings is 1. The van der Waals surface area contributed by atoms with Gasteiger partial charge in [-0.3, -0.25) is 4.68 Å². The van der Waals surface area contributed by atoms with Gasteiger partial charge in [-0.1, -0.05) is 19.9 Å². The zero-order valence-electron chi connectivity index (χ0n) is 11.5. The van der Waals surface area contributed by atoms with E-state index >= 15 is 0 Å². The first-order valence-corrected chi connectivity index (χ1v) is 6.27. The predicted octanol–water partition coefficient (Wildman–Crippen LogP) is 3.52. The van der Waals surface area contributed by atoms with E-state index < -0.39 is 0 Å². The number of methoxy groups -OCH3 is 1. The first-order valence-electron chi connectivity index (χ1n) is 6.27. The minimum absolute atomic E-state index is 0.607. The Labute approximate surface area is 108 Å². The van der Waals surface area contributed by atoms with Crippen LogP contribution < -0.4 is 4.74 Å². The number of ether oxygens (including phenoxy) is 1. The third-order valence-corrected chi connectivity index (χ3v) is 2.91. The first kappa shape index (κ1) is 12.7. The molecule has 18 heavy (non-hydrogen) atoms. The molecule has 1 heterocycles. The van der Waals surface area contributed by atoms with E-state index in [9.17, 15) is 0 Å². The van der Waals surface area contributed by atoms with Crippen molar-refractivity contribution in [2.45, 2.75) is 27.3 Å². The maximum absolute atomic E-state index is 5.27. The van der Waals surface area contributed by atoms with E-state index in [1.165, 1.54) is 5.56 Å². The molecule has 2 aromatic rings. The summed E-state index contributed by atoms with van der Waals surface area (Å²) >= 11 is 0. The van der Waals surface area contributed by atoms with E-state index in [0.717, 1.165) is 23.4 Å². The molecule has 0 fully saturated rings.